The molecule has 2 aromatic heterocycles. The number of nitrogen functional groups attached to an aromatic ring is 1. The minimum Gasteiger partial charge on any atom is -0.333 e. The van der Waals surface area contributed by atoms with E-state index in [1.54, 1.807) is 16.8 Å². The average Bonchev–Trinajstić information content (AvgIpc) is 3.22. The number of para-hydroxylation sites is 2. The molecule has 3 aromatic carbocycles. The van der Waals surface area contributed by atoms with Crippen LogP contribution in [0.4, 0.5) is 11.6 Å². The highest BCUT2D eigenvalue weighted by Crippen LogP contribution is 2.30. The summed E-state index contributed by atoms with van der Waals surface area (Å²) in [6.07, 6.45) is 0. The maximum atomic E-state index is 13.4. The lowest BCUT2D eigenvalue weighted by Crippen LogP contribution is -2.30. The zero-order valence-electron chi connectivity index (χ0n) is 17.4. The van der Waals surface area contributed by atoms with Crippen LogP contribution in [0.1, 0.15) is 5.56 Å². The molecule has 164 valence electrons. The highest BCUT2D eigenvalue weighted by atomic mass is 35.5. The third-order valence-corrected chi connectivity index (χ3v) is 6.41. The Bertz CT molecular complexity index is 1480. The lowest BCUT2D eigenvalue weighted by Gasteiger charge is -2.11. The fourth-order valence-corrected chi connectivity index (χ4v) is 4.54. The predicted molar refractivity (Wildman–Crippen MR) is 134 cm³/mol. The van der Waals surface area contributed by atoms with Crippen LogP contribution in [0.25, 0.3) is 16.7 Å². The van der Waals surface area contributed by atoms with Gasteiger partial charge in [0.15, 0.2) is 5.65 Å². The number of hydrogen-bond donors (Lipinski definition) is 2. The maximum absolute atomic E-state index is 13.4. The summed E-state index contributed by atoms with van der Waals surface area (Å²) >= 11 is 7.75. The molecule has 7 nitrogen and oxygen atoms in total. The summed E-state index contributed by atoms with van der Waals surface area (Å²) in [6, 6.07) is 26.8. The minimum absolute atomic E-state index is 0.164. The summed E-state index contributed by atoms with van der Waals surface area (Å²) in [4.78, 5) is 18.0. The van der Waals surface area contributed by atoms with Crippen LogP contribution in [-0.2, 0) is 5.75 Å². The van der Waals surface area contributed by atoms with Crippen molar-refractivity contribution < 1.29 is 0 Å². The highest BCUT2D eigenvalue weighted by molar-refractivity contribution is 7.98. The standard InChI is InChI=1S/C24H19ClN6OS/c25-18-13-7-8-14-19(18)27-24-28-21-20(23(32)30(24)26)22(33-15-16-9-3-1-4-10-16)29-31(21)17-11-5-2-6-12-17/h1-14H,15,26H2,(H,27,28). The van der Waals surface area contributed by atoms with Crippen molar-refractivity contribution in [1.82, 2.24) is 19.4 Å². The first kappa shape index (κ1) is 21.1. The highest BCUT2D eigenvalue weighted by Gasteiger charge is 2.21. The largest absolute Gasteiger partial charge is 0.333 e. The Morgan fingerprint density at radius 3 is 2.33 bits per heavy atom. The number of nitrogens with one attached hydrogen (secondary N) is 1. The number of anilines is 2. The van der Waals surface area contributed by atoms with Gasteiger partial charge < -0.3 is 11.2 Å². The molecule has 0 radical (unpaired) electrons. The molecule has 0 saturated heterocycles. The molecule has 9 heteroatoms. The van der Waals surface area contributed by atoms with Crippen LogP contribution in [0.2, 0.25) is 5.02 Å². The normalized spacial score (nSPS) is 11.1. The summed E-state index contributed by atoms with van der Waals surface area (Å²) in [7, 11) is 0. The molecule has 0 unspecified atom stereocenters. The van der Waals surface area contributed by atoms with Gasteiger partial charge >= 0.3 is 0 Å². The smallest absolute Gasteiger partial charge is 0.285 e. The Morgan fingerprint density at radius 1 is 0.939 bits per heavy atom. The van der Waals surface area contributed by atoms with Gasteiger partial charge in [-0.1, -0.05) is 84.0 Å². The van der Waals surface area contributed by atoms with Crippen LogP contribution in [-0.4, -0.2) is 19.4 Å². The molecule has 33 heavy (non-hydrogen) atoms. The third kappa shape index (κ3) is 4.18. The number of rotatable bonds is 6. The van der Waals surface area contributed by atoms with Gasteiger partial charge in [0.05, 0.1) is 16.4 Å². The van der Waals surface area contributed by atoms with E-state index >= 15 is 0 Å². The molecule has 0 amide bonds. The molecule has 0 spiro atoms. The fraction of sp³-hybridized carbons (Fsp3) is 0.0417. The first-order valence-corrected chi connectivity index (χ1v) is 11.5. The van der Waals surface area contributed by atoms with Gasteiger partial charge in [0.25, 0.3) is 5.56 Å². The molecule has 0 aliphatic heterocycles. The Kier molecular flexibility index (Phi) is 5.77. The molecular weight excluding hydrogens is 456 g/mol. The van der Waals surface area contributed by atoms with Crippen LogP contribution < -0.4 is 16.7 Å². The number of thioether (sulfide) groups is 1. The van der Waals surface area contributed by atoms with Crippen molar-refractivity contribution in [3.63, 3.8) is 0 Å². The molecule has 0 saturated carbocycles. The van der Waals surface area contributed by atoms with Crippen molar-refractivity contribution in [2.24, 2.45) is 0 Å². The first-order chi connectivity index (χ1) is 16.1. The predicted octanol–water partition coefficient (Wildman–Crippen LogP) is 4.99. The lowest BCUT2D eigenvalue weighted by atomic mass is 10.2. The van der Waals surface area contributed by atoms with Gasteiger partial charge in [-0.05, 0) is 29.8 Å². The molecule has 0 aliphatic carbocycles. The van der Waals surface area contributed by atoms with E-state index in [4.69, 9.17) is 22.5 Å². The maximum Gasteiger partial charge on any atom is 0.285 e. The number of aromatic nitrogens is 4. The number of halogens is 1. The van der Waals surface area contributed by atoms with E-state index < -0.39 is 5.56 Å². The van der Waals surface area contributed by atoms with Crippen molar-refractivity contribution in [2.45, 2.75) is 10.8 Å². The summed E-state index contributed by atoms with van der Waals surface area (Å²) in [5.41, 5.74) is 2.53. The third-order valence-electron chi connectivity index (χ3n) is 5.04. The van der Waals surface area contributed by atoms with Crippen LogP contribution in [0, 0.1) is 0 Å². The van der Waals surface area contributed by atoms with Crippen LogP contribution in [0.5, 0.6) is 0 Å². The van der Waals surface area contributed by atoms with Crippen LogP contribution in [0.3, 0.4) is 0 Å². The molecule has 5 aromatic rings. The van der Waals surface area contributed by atoms with Crippen LogP contribution in [0.15, 0.2) is 94.7 Å². The van der Waals surface area contributed by atoms with Gasteiger partial charge in [-0.2, -0.15) is 14.8 Å². The lowest BCUT2D eigenvalue weighted by molar-refractivity contribution is 0.849. The van der Waals surface area contributed by atoms with Gasteiger partial charge in [-0.15, -0.1) is 0 Å². The zero-order valence-corrected chi connectivity index (χ0v) is 18.9. The average molecular weight is 475 g/mol. The number of fused-ring (bicyclic) bond motifs is 1. The molecule has 5 rings (SSSR count). The quantitative estimate of drug-likeness (QED) is 0.266. The van der Waals surface area contributed by atoms with E-state index in [1.165, 1.54) is 11.8 Å². The molecule has 0 bridgehead atoms. The summed E-state index contributed by atoms with van der Waals surface area (Å²) in [5.74, 6) is 6.98. The summed E-state index contributed by atoms with van der Waals surface area (Å²) in [6.45, 7) is 0. The minimum atomic E-state index is -0.396. The van der Waals surface area contributed by atoms with Gasteiger partial charge in [-0.3, -0.25) is 4.79 Å². The van der Waals surface area contributed by atoms with Gasteiger partial charge in [0.2, 0.25) is 5.95 Å². The molecule has 0 atom stereocenters. The summed E-state index contributed by atoms with van der Waals surface area (Å²) in [5, 5.41) is 9.23. The van der Waals surface area contributed by atoms with E-state index in [0.29, 0.717) is 32.5 Å². The number of nitrogens with two attached hydrogens (primary N) is 1. The zero-order chi connectivity index (χ0) is 22.8. The van der Waals surface area contributed by atoms with E-state index in [0.717, 1.165) is 15.9 Å². The molecule has 2 heterocycles. The SMILES string of the molecule is Nn1c(Nc2ccccc2Cl)nc2c(c(SCc3ccccc3)nn2-c2ccccc2)c1=O. The topological polar surface area (TPSA) is 90.8 Å². The van der Waals surface area contributed by atoms with Crippen molar-refractivity contribution in [3.8, 4) is 5.69 Å². The van der Waals surface area contributed by atoms with Crippen molar-refractivity contribution in [1.29, 1.82) is 0 Å². The van der Waals surface area contributed by atoms with Crippen molar-refractivity contribution in [2.75, 3.05) is 11.2 Å². The van der Waals surface area contributed by atoms with E-state index in [9.17, 15) is 4.79 Å². The van der Waals surface area contributed by atoms with E-state index in [2.05, 4.69) is 10.3 Å². The van der Waals surface area contributed by atoms with Gasteiger partial charge in [0.1, 0.15) is 10.4 Å². The molecule has 0 fully saturated rings. The summed E-state index contributed by atoms with van der Waals surface area (Å²) < 4.78 is 2.66. The Balaban J connectivity index is 1.65. The van der Waals surface area contributed by atoms with Gasteiger partial charge in [0, 0.05) is 5.75 Å². The second-order valence-corrected chi connectivity index (χ2v) is 8.61. The Morgan fingerprint density at radius 2 is 1.61 bits per heavy atom. The number of benzene rings is 3. The fourth-order valence-electron chi connectivity index (χ4n) is 3.40. The molecular formula is C24H19ClN6OS. The first-order valence-electron chi connectivity index (χ1n) is 10.2. The van der Waals surface area contributed by atoms with Crippen molar-refractivity contribution in [3.05, 3.63) is 106 Å². The second kappa shape index (κ2) is 9.01. The molecule has 0 aliphatic rings. The second-order valence-electron chi connectivity index (χ2n) is 7.24. The van der Waals surface area contributed by atoms with E-state index in [1.807, 2.05) is 72.8 Å². The Labute approximate surface area is 198 Å². The van der Waals surface area contributed by atoms with Crippen molar-refractivity contribution >= 4 is 46.0 Å². The Hall–Kier alpha value is -3.75. The monoisotopic (exact) mass is 474 g/mol. The number of nitrogens with zero attached hydrogens (tertiary/aromatic N) is 4. The van der Waals surface area contributed by atoms with E-state index in [-0.39, 0.29) is 5.95 Å². The van der Waals surface area contributed by atoms with Gasteiger partial charge in [-0.25, -0.2) is 4.68 Å². The molecule has 3 N–H and O–H groups in total. The number of hydrogen-bond acceptors (Lipinski definition) is 6. The van der Waals surface area contributed by atoms with Crippen LogP contribution >= 0.6 is 23.4 Å².